The third-order valence-electron chi connectivity index (χ3n) is 7.73. The number of anilines is 1. The molecule has 0 aliphatic heterocycles. The van der Waals surface area contributed by atoms with Crippen LogP contribution in [0.2, 0.25) is 5.02 Å². The van der Waals surface area contributed by atoms with Crippen molar-refractivity contribution in [3.63, 3.8) is 0 Å². The Bertz CT molecular complexity index is 1470. The number of nitrogens with one attached hydrogen (secondary N) is 1. The van der Waals surface area contributed by atoms with E-state index in [1.54, 1.807) is 36.4 Å². The van der Waals surface area contributed by atoms with Crippen molar-refractivity contribution in [1.29, 1.82) is 0 Å². The number of aryl methyl sites for hydroxylation is 1. The maximum atomic E-state index is 14.2. The quantitative estimate of drug-likeness (QED) is 0.283. The van der Waals surface area contributed by atoms with E-state index in [1.807, 2.05) is 38.1 Å². The highest BCUT2D eigenvalue weighted by Gasteiger charge is 2.34. The number of nitrogens with zero attached hydrogens (tertiary/aromatic N) is 2. The van der Waals surface area contributed by atoms with Crippen LogP contribution in [0.4, 0.5) is 5.69 Å². The van der Waals surface area contributed by atoms with Crippen LogP contribution in [0.5, 0.6) is 5.75 Å². The zero-order valence-corrected chi connectivity index (χ0v) is 25.8. The molecule has 3 aromatic carbocycles. The summed E-state index contributed by atoms with van der Waals surface area (Å²) in [5.74, 6) is -0.201. The number of hydrogen-bond donors (Lipinski definition) is 1. The molecule has 0 aromatic heterocycles. The fraction of sp³-hybridized carbons (Fsp3) is 0.375. The zero-order valence-electron chi connectivity index (χ0n) is 24.3. The molecule has 8 nitrogen and oxygen atoms in total. The van der Waals surface area contributed by atoms with Crippen molar-refractivity contribution in [1.82, 2.24) is 10.2 Å². The molecule has 1 N–H and O–H groups in total. The number of sulfonamides is 1. The summed E-state index contributed by atoms with van der Waals surface area (Å²) in [6.07, 6.45) is 4.33. The summed E-state index contributed by atoms with van der Waals surface area (Å²) in [6.45, 7) is 3.47. The predicted molar refractivity (Wildman–Crippen MR) is 165 cm³/mol. The summed E-state index contributed by atoms with van der Waals surface area (Å²) in [5, 5.41) is 3.57. The molecule has 0 bridgehead atoms. The molecule has 1 aliphatic rings. The lowest BCUT2D eigenvalue weighted by Crippen LogP contribution is -2.53. The van der Waals surface area contributed by atoms with Gasteiger partial charge in [-0.15, -0.1) is 0 Å². The van der Waals surface area contributed by atoms with Gasteiger partial charge < -0.3 is 15.0 Å². The van der Waals surface area contributed by atoms with Crippen LogP contribution in [0.3, 0.4) is 0 Å². The Kier molecular flexibility index (Phi) is 10.5. The minimum absolute atomic E-state index is 0.00233. The minimum Gasteiger partial charge on any atom is -0.497 e. The van der Waals surface area contributed by atoms with E-state index in [0.717, 1.165) is 41.1 Å². The first-order chi connectivity index (χ1) is 20.1. The van der Waals surface area contributed by atoms with Gasteiger partial charge in [0, 0.05) is 17.6 Å². The normalized spacial score (nSPS) is 14.3. The summed E-state index contributed by atoms with van der Waals surface area (Å²) in [6, 6.07) is 19.3. The van der Waals surface area contributed by atoms with Gasteiger partial charge in [-0.25, -0.2) is 8.42 Å². The zero-order chi connectivity index (χ0) is 30.3. The van der Waals surface area contributed by atoms with E-state index in [1.165, 1.54) is 24.1 Å². The molecule has 1 atom stereocenters. The van der Waals surface area contributed by atoms with Gasteiger partial charge in [-0.1, -0.05) is 55.6 Å². The first-order valence-corrected chi connectivity index (χ1v) is 16.0. The molecule has 1 saturated carbocycles. The van der Waals surface area contributed by atoms with Crippen LogP contribution in [0, 0.1) is 6.92 Å². The second kappa shape index (κ2) is 14.1. The van der Waals surface area contributed by atoms with Gasteiger partial charge in [0.15, 0.2) is 0 Å². The monoisotopic (exact) mass is 611 g/mol. The summed E-state index contributed by atoms with van der Waals surface area (Å²) < 4.78 is 34.2. The maximum Gasteiger partial charge on any atom is 0.264 e. The second-order valence-corrected chi connectivity index (χ2v) is 12.8. The Morgan fingerprint density at radius 3 is 2.24 bits per heavy atom. The standard InChI is InChI=1S/C32H38ClN3O5S/c1-4-30(32(38)34-26-11-7-8-12-26)35(21-24-10-6-5-9-23(24)2)31(37)22-36(27-15-13-25(33)14-16-27)42(39,40)29-19-17-28(41-3)18-20-29/h5-6,9-10,13-20,26,30H,4,7-8,11-12,21-22H2,1-3H3,(H,34,38)/t30-/m1/s1. The van der Waals surface area contributed by atoms with Crippen LogP contribution in [0.25, 0.3) is 0 Å². The van der Waals surface area contributed by atoms with Crippen LogP contribution < -0.4 is 14.4 Å². The molecule has 0 unspecified atom stereocenters. The molecule has 4 rings (SSSR count). The van der Waals surface area contributed by atoms with E-state index >= 15 is 0 Å². The SMILES string of the molecule is CC[C@H](C(=O)NC1CCCC1)N(Cc1ccccc1C)C(=O)CN(c1ccc(Cl)cc1)S(=O)(=O)c1ccc(OC)cc1. The Balaban J connectivity index is 1.71. The fourth-order valence-electron chi connectivity index (χ4n) is 5.27. The predicted octanol–water partition coefficient (Wildman–Crippen LogP) is 5.72. The van der Waals surface area contributed by atoms with Gasteiger partial charge in [-0.2, -0.15) is 0 Å². The van der Waals surface area contributed by atoms with Crippen LogP contribution in [-0.2, 0) is 26.2 Å². The number of halogens is 1. The number of amides is 2. The Labute approximate surface area is 253 Å². The molecule has 1 aliphatic carbocycles. The summed E-state index contributed by atoms with van der Waals surface area (Å²) >= 11 is 6.11. The Morgan fingerprint density at radius 1 is 1.00 bits per heavy atom. The highest BCUT2D eigenvalue weighted by atomic mass is 35.5. The van der Waals surface area contributed by atoms with Gasteiger partial charge in [0.2, 0.25) is 11.8 Å². The van der Waals surface area contributed by atoms with Gasteiger partial charge in [-0.3, -0.25) is 13.9 Å². The number of benzene rings is 3. The van der Waals surface area contributed by atoms with E-state index in [4.69, 9.17) is 16.3 Å². The van der Waals surface area contributed by atoms with Crippen LogP contribution in [-0.4, -0.2) is 50.9 Å². The fourth-order valence-corrected chi connectivity index (χ4v) is 6.81. The number of carbonyl (C=O) groups is 2. The molecule has 1 fully saturated rings. The first-order valence-electron chi connectivity index (χ1n) is 14.2. The average Bonchev–Trinajstić information content (AvgIpc) is 3.50. The summed E-state index contributed by atoms with van der Waals surface area (Å²) in [7, 11) is -2.69. The highest BCUT2D eigenvalue weighted by molar-refractivity contribution is 7.92. The molecule has 224 valence electrons. The molecule has 0 heterocycles. The van der Waals surface area contributed by atoms with E-state index in [9.17, 15) is 18.0 Å². The molecule has 0 radical (unpaired) electrons. The second-order valence-electron chi connectivity index (χ2n) is 10.5. The average molecular weight is 612 g/mol. The van der Waals surface area contributed by atoms with E-state index < -0.39 is 28.5 Å². The van der Waals surface area contributed by atoms with Crippen molar-refractivity contribution in [2.45, 2.75) is 69.5 Å². The van der Waals surface area contributed by atoms with Gasteiger partial charge >= 0.3 is 0 Å². The largest absolute Gasteiger partial charge is 0.497 e. The lowest BCUT2D eigenvalue weighted by Gasteiger charge is -2.34. The van der Waals surface area contributed by atoms with E-state index in [-0.39, 0.29) is 29.1 Å². The summed E-state index contributed by atoms with van der Waals surface area (Å²) in [4.78, 5) is 29.3. The molecule has 2 amide bonds. The third kappa shape index (κ3) is 7.44. The van der Waals surface area contributed by atoms with Crippen molar-refractivity contribution in [3.8, 4) is 5.75 Å². The molecule has 0 saturated heterocycles. The Hall–Kier alpha value is -3.56. The van der Waals surface area contributed by atoms with Crippen molar-refractivity contribution in [2.24, 2.45) is 0 Å². The molecule has 0 spiro atoms. The van der Waals surface area contributed by atoms with Crippen LogP contribution >= 0.6 is 11.6 Å². The molecule has 3 aromatic rings. The van der Waals surface area contributed by atoms with Crippen molar-refractivity contribution in [3.05, 3.63) is 88.9 Å². The van der Waals surface area contributed by atoms with E-state index in [0.29, 0.717) is 17.2 Å². The van der Waals surface area contributed by atoms with Gasteiger partial charge in [0.25, 0.3) is 10.0 Å². The van der Waals surface area contributed by atoms with E-state index in [2.05, 4.69) is 5.32 Å². The Morgan fingerprint density at radius 2 is 1.64 bits per heavy atom. The topological polar surface area (TPSA) is 96.0 Å². The van der Waals surface area contributed by atoms with Gasteiger partial charge in [-0.05, 0) is 85.8 Å². The van der Waals surface area contributed by atoms with Crippen LogP contribution in [0.15, 0.2) is 77.7 Å². The highest BCUT2D eigenvalue weighted by Crippen LogP contribution is 2.28. The van der Waals surface area contributed by atoms with Crippen molar-refractivity contribution < 1.29 is 22.7 Å². The van der Waals surface area contributed by atoms with Crippen LogP contribution in [0.1, 0.15) is 50.2 Å². The van der Waals surface area contributed by atoms with Gasteiger partial charge in [0.05, 0.1) is 17.7 Å². The third-order valence-corrected chi connectivity index (χ3v) is 9.77. The lowest BCUT2D eigenvalue weighted by molar-refractivity contribution is -0.140. The van der Waals surface area contributed by atoms with Gasteiger partial charge in [0.1, 0.15) is 18.3 Å². The smallest absolute Gasteiger partial charge is 0.264 e. The molecule has 10 heteroatoms. The number of carbonyl (C=O) groups excluding carboxylic acids is 2. The number of hydrogen-bond acceptors (Lipinski definition) is 5. The summed E-state index contributed by atoms with van der Waals surface area (Å²) in [5.41, 5.74) is 2.14. The van der Waals surface area contributed by atoms with Crippen molar-refractivity contribution >= 4 is 39.1 Å². The number of rotatable bonds is 12. The van der Waals surface area contributed by atoms with Crippen molar-refractivity contribution in [2.75, 3.05) is 18.0 Å². The minimum atomic E-state index is -4.19. The molecular formula is C32H38ClN3O5S. The lowest BCUT2D eigenvalue weighted by atomic mass is 10.1. The first kappa shape index (κ1) is 31.4. The molecule has 42 heavy (non-hydrogen) atoms. The molecular weight excluding hydrogens is 574 g/mol. The maximum absolute atomic E-state index is 14.2. The number of methoxy groups -OCH3 is 1. The number of ether oxygens (including phenoxy) is 1.